The monoisotopic (exact) mass is 604 g/mol. The van der Waals surface area contributed by atoms with Gasteiger partial charge in [-0.3, -0.25) is 19.6 Å². The highest BCUT2D eigenvalue weighted by atomic mass is 17.1. The lowest BCUT2D eigenvalue weighted by molar-refractivity contribution is -0.335. The molecule has 2 unspecified atom stereocenters. The molecule has 1 N–H and O–H groups in total. The molecule has 6 heteroatoms. The molecule has 1 spiro atoms. The molecular weight excluding hydrogens is 552 g/mol. The number of ether oxygens (including phenoxy) is 1. The first-order valence-corrected chi connectivity index (χ1v) is 16.2. The zero-order valence-electron chi connectivity index (χ0n) is 28.2. The van der Waals surface area contributed by atoms with Gasteiger partial charge in [0.05, 0.1) is 17.6 Å². The van der Waals surface area contributed by atoms with Crippen LogP contribution in [-0.2, 0) is 19.2 Å². The third-order valence-electron chi connectivity index (χ3n) is 10.9. The minimum absolute atomic E-state index is 0.136. The van der Waals surface area contributed by atoms with Crippen molar-refractivity contribution in [1.82, 2.24) is 0 Å². The molecule has 1 aromatic carbocycles. The molecule has 3 aliphatic rings. The van der Waals surface area contributed by atoms with Gasteiger partial charge in [0.25, 0.3) is 0 Å². The molecule has 2 aliphatic carbocycles. The predicted octanol–water partition coefficient (Wildman–Crippen LogP) is 8.52. The van der Waals surface area contributed by atoms with Crippen molar-refractivity contribution in [3.8, 4) is 0 Å². The van der Waals surface area contributed by atoms with Crippen LogP contribution in [0.25, 0.3) is 0 Å². The van der Waals surface area contributed by atoms with Crippen molar-refractivity contribution in [3.05, 3.63) is 70.8 Å². The summed E-state index contributed by atoms with van der Waals surface area (Å²) in [5.41, 5.74) is -1.02. The third-order valence-corrected chi connectivity index (χ3v) is 10.9. The van der Waals surface area contributed by atoms with Crippen LogP contribution >= 0.6 is 0 Å². The predicted molar refractivity (Wildman–Crippen MR) is 173 cm³/mol. The van der Waals surface area contributed by atoms with Gasteiger partial charge in [0.2, 0.25) is 0 Å². The molecule has 1 heterocycles. The second kappa shape index (κ2) is 12.6. The molecule has 2 saturated carbocycles. The summed E-state index contributed by atoms with van der Waals surface area (Å²) >= 11 is 0. The van der Waals surface area contributed by atoms with Crippen molar-refractivity contribution in [1.29, 1.82) is 0 Å². The van der Waals surface area contributed by atoms with Crippen molar-refractivity contribution in [2.45, 2.75) is 119 Å². The summed E-state index contributed by atoms with van der Waals surface area (Å²) < 4.78 is 6.64. The second-order valence-corrected chi connectivity index (χ2v) is 15.1. The number of benzene rings is 1. The molecule has 240 valence electrons. The molecule has 0 amide bonds. The molecule has 6 atom stereocenters. The first kappa shape index (κ1) is 34.2. The van der Waals surface area contributed by atoms with Crippen LogP contribution in [0.2, 0.25) is 0 Å². The van der Waals surface area contributed by atoms with Crippen molar-refractivity contribution >= 4 is 17.3 Å². The zero-order chi connectivity index (χ0) is 32.7. The van der Waals surface area contributed by atoms with Crippen LogP contribution in [0.3, 0.4) is 0 Å². The third kappa shape index (κ3) is 5.63. The molecule has 3 fully saturated rings. The molecular formula is C38H52O6. The maximum absolute atomic E-state index is 15.2. The smallest absolute Gasteiger partial charge is 0.184 e. The van der Waals surface area contributed by atoms with Crippen LogP contribution in [0, 0.1) is 28.1 Å². The van der Waals surface area contributed by atoms with Crippen molar-refractivity contribution in [2.75, 3.05) is 0 Å². The van der Waals surface area contributed by atoms with Crippen LogP contribution in [-0.4, -0.2) is 40.4 Å². The van der Waals surface area contributed by atoms with E-state index in [0.29, 0.717) is 24.8 Å². The number of hydrogen-bond donors (Lipinski definition) is 1. The summed E-state index contributed by atoms with van der Waals surface area (Å²) in [6.45, 7) is 17.7. The minimum Gasteiger partial charge on any atom is -0.370 e. The van der Waals surface area contributed by atoms with E-state index in [1.807, 2.05) is 39.8 Å². The fourth-order valence-electron chi connectivity index (χ4n) is 8.10. The molecule has 2 bridgehead atoms. The van der Waals surface area contributed by atoms with Crippen LogP contribution in [0.4, 0.5) is 0 Å². The lowest BCUT2D eigenvalue weighted by atomic mass is 9.37. The lowest BCUT2D eigenvalue weighted by Gasteiger charge is -2.61. The van der Waals surface area contributed by atoms with E-state index in [1.54, 1.807) is 38.1 Å². The normalized spacial score (nSPS) is 31.4. The quantitative estimate of drug-likeness (QED) is 0.0895. The van der Waals surface area contributed by atoms with Crippen molar-refractivity contribution in [3.63, 3.8) is 0 Å². The largest absolute Gasteiger partial charge is 0.370 e. The Morgan fingerprint density at radius 2 is 1.61 bits per heavy atom. The number of carbonyl (C=O) groups is 3. The Hall–Kier alpha value is -2.67. The van der Waals surface area contributed by atoms with E-state index in [9.17, 15) is 10.1 Å². The van der Waals surface area contributed by atoms with E-state index < -0.39 is 45.8 Å². The maximum atomic E-state index is 15.2. The number of fused-ring (bicyclic) bond motifs is 1. The topological polar surface area (TPSA) is 89.9 Å². The first-order chi connectivity index (χ1) is 20.6. The highest BCUT2D eigenvalue weighted by molar-refractivity contribution is 6.32. The summed E-state index contributed by atoms with van der Waals surface area (Å²) in [6, 6.07) is 8.82. The van der Waals surface area contributed by atoms with E-state index in [0.717, 1.165) is 18.4 Å². The van der Waals surface area contributed by atoms with Crippen LogP contribution in [0.15, 0.2) is 65.3 Å². The number of Topliss-reactive ketones (excluding diaryl/α,β-unsaturated/α-hetero) is 3. The van der Waals surface area contributed by atoms with Crippen molar-refractivity contribution < 1.29 is 29.3 Å². The minimum atomic E-state index is -1.86. The van der Waals surface area contributed by atoms with Gasteiger partial charge >= 0.3 is 0 Å². The van der Waals surface area contributed by atoms with Gasteiger partial charge in [-0.25, -0.2) is 4.89 Å². The molecule has 44 heavy (non-hydrogen) atoms. The lowest BCUT2D eigenvalue weighted by Crippen LogP contribution is -2.74. The average Bonchev–Trinajstić information content (AvgIpc) is 3.35. The van der Waals surface area contributed by atoms with Gasteiger partial charge in [-0.15, -0.1) is 0 Å². The van der Waals surface area contributed by atoms with Gasteiger partial charge < -0.3 is 4.74 Å². The van der Waals surface area contributed by atoms with Gasteiger partial charge in [0, 0.05) is 11.5 Å². The van der Waals surface area contributed by atoms with Gasteiger partial charge in [-0.2, -0.15) is 0 Å². The fraction of sp³-hybridized carbons (Fsp3) is 0.605. The van der Waals surface area contributed by atoms with E-state index in [2.05, 4.69) is 32.9 Å². The van der Waals surface area contributed by atoms with Gasteiger partial charge in [-0.05, 0) is 98.3 Å². The number of rotatable bonds is 11. The number of carbonyl (C=O) groups excluding carboxylic acids is 3. The number of allylic oxidation sites excluding steroid dienone is 6. The SMILES string of the molecule is CC(C)=CCC/C(C)=C/C[C@@H]1C[C@]23C[C@H](C(C)(C)OO)OC2C(CC=C(C)C)C(=O)[C@@](C(=O)c2ccccc2)(C3=O)C1(C)C. The number of ketones is 3. The van der Waals surface area contributed by atoms with Gasteiger partial charge in [0.1, 0.15) is 5.60 Å². The highest BCUT2D eigenvalue weighted by Gasteiger charge is 2.79. The number of hydrogen-bond acceptors (Lipinski definition) is 6. The average molecular weight is 605 g/mol. The van der Waals surface area contributed by atoms with E-state index >= 15 is 9.59 Å². The Morgan fingerprint density at radius 1 is 0.977 bits per heavy atom. The first-order valence-electron chi connectivity index (χ1n) is 16.2. The zero-order valence-corrected chi connectivity index (χ0v) is 28.2. The summed E-state index contributed by atoms with van der Waals surface area (Å²) in [4.78, 5) is 50.1. The fourth-order valence-corrected chi connectivity index (χ4v) is 8.10. The summed E-state index contributed by atoms with van der Waals surface area (Å²) in [5, 5.41) is 9.84. The molecule has 6 nitrogen and oxygen atoms in total. The Bertz CT molecular complexity index is 1360. The van der Waals surface area contributed by atoms with Crippen LogP contribution < -0.4 is 0 Å². The van der Waals surface area contributed by atoms with Crippen LogP contribution in [0.5, 0.6) is 0 Å². The van der Waals surface area contributed by atoms with Gasteiger partial charge in [-0.1, -0.05) is 79.1 Å². The van der Waals surface area contributed by atoms with E-state index in [4.69, 9.17) is 9.62 Å². The Balaban J connectivity index is 1.92. The summed E-state index contributed by atoms with van der Waals surface area (Å²) in [6.07, 6.45) is 8.82. The molecule has 1 aromatic rings. The highest BCUT2D eigenvalue weighted by Crippen LogP contribution is 2.69. The van der Waals surface area contributed by atoms with Crippen molar-refractivity contribution in [2.24, 2.45) is 28.1 Å². The Morgan fingerprint density at radius 3 is 2.20 bits per heavy atom. The van der Waals surface area contributed by atoms with E-state index in [-0.39, 0.29) is 23.9 Å². The molecule has 4 rings (SSSR count). The Labute approximate surface area is 263 Å². The van der Waals surface area contributed by atoms with Crippen LogP contribution in [0.1, 0.15) is 111 Å². The second-order valence-electron chi connectivity index (χ2n) is 15.1. The molecule has 1 aliphatic heterocycles. The molecule has 1 saturated heterocycles. The van der Waals surface area contributed by atoms with Gasteiger partial charge in [0.15, 0.2) is 22.8 Å². The summed E-state index contributed by atoms with van der Waals surface area (Å²) in [7, 11) is 0. The molecule has 0 aromatic heterocycles. The van der Waals surface area contributed by atoms with E-state index in [1.165, 1.54) is 11.1 Å². The molecule has 0 radical (unpaired) electrons. The standard InChI is InChI=1S/C38H52O6/c1-24(2)14-13-15-26(5)19-20-28-22-37-23-30(36(8,9)44-42)43-33(37)29(21-18-25(3)4)32(40)38(34(37)41,35(28,6)7)31(39)27-16-11-10-12-17-27/h10-12,14,16-19,28-30,33,42H,13,15,20-23H2,1-9H3/b26-19+/t28-,29?,30-,33?,37+,38+/m1/s1. The Kier molecular flexibility index (Phi) is 9.81. The summed E-state index contributed by atoms with van der Waals surface area (Å²) in [5.74, 6) is -1.88. The maximum Gasteiger partial charge on any atom is 0.184 e.